The topological polar surface area (TPSA) is 55.9 Å². The molecular formula is C11H14N4O. The van der Waals surface area contributed by atoms with Crippen LogP contribution in [0.1, 0.15) is 30.6 Å². The Morgan fingerprint density at radius 1 is 1.44 bits per heavy atom. The Balaban J connectivity index is 1.81. The molecule has 1 aliphatic heterocycles. The van der Waals surface area contributed by atoms with Gasteiger partial charge < -0.3 is 14.4 Å². The molecule has 1 atom stereocenters. The Morgan fingerprint density at radius 2 is 2.19 bits per heavy atom. The largest absolute Gasteiger partial charge is 0.344 e. The molecule has 2 aromatic heterocycles. The highest BCUT2D eigenvalue weighted by Gasteiger charge is 2.26. The highest BCUT2D eigenvalue weighted by molar-refractivity contribution is 5.05. The molecular weight excluding hydrogens is 204 g/mol. The van der Waals surface area contributed by atoms with Gasteiger partial charge in [-0.2, -0.15) is 4.98 Å². The van der Waals surface area contributed by atoms with Gasteiger partial charge in [-0.3, -0.25) is 0 Å². The van der Waals surface area contributed by atoms with E-state index < -0.39 is 0 Å². The first-order valence-corrected chi connectivity index (χ1v) is 5.51. The van der Waals surface area contributed by atoms with Crippen molar-refractivity contribution in [1.29, 1.82) is 0 Å². The highest BCUT2D eigenvalue weighted by Crippen LogP contribution is 2.21. The van der Waals surface area contributed by atoms with E-state index in [1.54, 1.807) is 0 Å². The van der Waals surface area contributed by atoms with Crippen molar-refractivity contribution in [2.75, 3.05) is 13.1 Å². The van der Waals surface area contributed by atoms with E-state index in [0.717, 1.165) is 24.8 Å². The second kappa shape index (κ2) is 3.75. The molecule has 5 nitrogen and oxygen atoms in total. The number of rotatable bonds is 3. The highest BCUT2D eigenvalue weighted by atomic mass is 16.5. The van der Waals surface area contributed by atoms with Crippen molar-refractivity contribution in [3.63, 3.8) is 0 Å². The Morgan fingerprint density at radius 3 is 2.81 bits per heavy atom. The molecule has 3 rings (SSSR count). The van der Waals surface area contributed by atoms with E-state index in [4.69, 9.17) is 4.52 Å². The maximum atomic E-state index is 5.27. The predicted molar refractivity (Wildman–Crippen MR) is 58.2 cm³/mol. The summed E-state index contributed by atoms with van der Waals surface area (Å²) < 4.78 is 7.34. The molecule has 1 N–H and O–H groups in total. The van der Waals surface area contributed by atoms with Gasteiger partial charge in [0.2, 0.25) is 5.89 Å². The summed E-state index contributed by atoms with van der Waals surface area (Å²) in [6.45, 7) is 3.95. The molecule has 0 aromatic carbocycles. The van der Waals surface area contributed by atoms with Gasteiger partial charge in [0, 0.05) is 25.5 Å². The number of hydrogen-bond donors (Lipinski definition) is 1. The molecule has 84 valence electrons. The summed E-state index contributed by atoms with van der Waals surface area (Å²) in [6, 6.07) is 4.11. The molecule has 0 spiro atoms. The van der Waals surface area contributed by atoms with Crippen LogP contribution in [0.4, 0.5) is 0 Å². The van der Waals surface area contributed by atoms with Gasteiger partial charge >= 0.3 is 0 Å². The fourth-order valence-corrected chi connectivity index (χ4v) is 1.79. The van der Waals surface area contributed by atoms with E-state index in [2.05, 4.69) is 26.9 Å². The summed E-state index contributed by atoms with van der Waals surface area (Å²) in [5.41, 5.74) is 0. The lowest BCUT2D eigenvalue weighted by Crippen LogP contribution is -2.40. The quantitative estimate of drug-likeness (QED) is 0.840. The number of nitrogens with zero attached hydrogens (tertiary/aromatic N) is 3. The molecule has 0 aliphatic carbocycles. The molecule has 16 heavy (non-hydrogen) atoms. The minimum absolute atomic E-state index is 0.125. The van der Waals surface area contributed by atoms with Gasteiger partial charge in [-0.15, -0.1) is 0 Å². The number of hydrogen-bond acceptors (Lipinski definition) is 4. The van der Waals surface area contributed by atoms with E-state index in [-0.39, 0.29) is 6.04 Å². The third-order valence-electron chi connectivity index (χ3n) is 3.04. The molecule has 2 aromatic rings. The van der Waals surface area contributed by atoms with Crippen molar-refractivity contribution in [3.05, 3.63) is 36.2 Å². The second-order valence-electron chi connectivity index (χ2n) is 4.15. The van der Waals surface area contributed by atoms with Crippen LogP contribution in [0.2, 0.25) is 0 Å². The lowest BCUT2D eigenvalue weighted by molar-refractivity contribution is 0.305. The van der Waals surface area contributed by atoms with Crippen molar-refractivity contribution in [2.24, 2.45) is 0 Å². The van der Waals surface area contributed by atoms with E-state index >= 15 is 0 Å². The zero-order valence-electron chi connectivity index (χ0n) is 9.13. The summed E-state index contributed by atoms with van der Waals surface area (Å²) >= 11 is 0. The van der Waals surface area contributed by atoms with Crippen molar-refractivity contribution < 1.29 is 4.52 Å². The molecule has 5 heteroatoms. The number of nitrogens with one attached hydrogen (secondary N) is 1. The van der Waals surface area contributed by atoms with E-state index in [1.807, 2.05) is 24.5 Å². The van der Waals surface area contributed by atoms with Gasteiger partial charge in [0.25, 0.3) is 0 Å². The van der Waals surface area contributed by atoms with Crippen molar-refractivity contribution in [1.82, 2.24) is 20.0 Å². The molecule has 1 fully saturated rings. The van der Waals surface area contributed by atoms with Crippen LogP contribution in [0, 0.1) is 0 Å². The summed E-state index contributed by atoms with van der Waals surface area (Å²) in [6.07, 6.45) is 4.01. The minimum atomic E-state index is 0.125. The third-order valence-corrected chi connectivity index (χ3v) is 3.04. The Bertz CT molecular complexity index is 458. The van der Waals surface area contributed by atoms with Crippen LogP contribution in [0.15, 0.2) is 29.0 Å². The first-order valence-electron chi connectivity index (χ1n) is 5.51. The Hall–Kier alpha value is -1.62. The van der Waals surface area contributed by atoms with Crippen LogP contribution in [0.25, 0.3) is 0 Å². The number of aromatic nitrogens is 3. The average Bonchev–Trinajstić information content (AvgIpc) is 2.84. The lowest BCUT2D eigenvalue weighted by Gasteiger charge is -2.22. The SMILES string of the molecule is C[C@@H](c1noc(C2CNC2)n1)n1cccc1. The first-order chi connectivity index (χ1) is 7.84. The molecule has 1 saturated heterocycles. The summed E-state index contributed by atoms with van der Waals surface area (Å²) in [4.78, 5) is 4.45. The Labute approximate surface area is 93.5 Å². The van der Waals surface area contributed by atoms with Gasteiger partial charge in [-0.25, -0.2) is 0 Å². The maximum Gasteiger partial charge on any atom is 0.232 e. The van der Waals surface area contributed by atoms with Crippen molar-refractivity contribution in [3.8, 4) is 0 Å². The molecule has 0 amide bonds. The Kier molecular flexibility index (Phi) is 2.25. The van der Waals surface area contributed by atoms with Crippen LogP contribution < -0.4 is 5.32 Å². The lowest BCUT2D eigenvalue weighted by atomic mass is 10.0. The molecule has 1 aliphatic rings. The van der Waals surface area contributed by atoms with Gasteiger partial charge in [-0.05, 0) is 19.1 Å². The fraction of sp³-hybridized carbons (Fsp3) is 0.455. The first kappa shape index (κ1) is 9.59. The standard InChI is InChI=1S/C11H14N4O/c1-8(15-4-2-3-5-15)10-13-11(16-14-10)9-6-12-7-9/h2-5,8-9,12H,6-7H2,1H3/t8-/m0/s1. The van der Waals surface area contributed by atoms with Crippen LogP contribution in [0.5, 0.6) is 0 Å². The van der Waals surface area contributed by atoms with E-state index in [1.165, 1.54) is 0 Å². The van der Waals surface area contributed by atoms with Crippen molar-refractivity contribution >= 4 is 0 Å². The zero-order valence-corrected chi connectivity index (χ0v) is 9.13. The smallest absolute Gasteiger partial charge is 0.232 e. The summed E-state index contributed by atoms with van der Waals surface area (Å²) in [5, 5.41) is 7.23. The molecule has 0 unspecified atom stereocenters. The summed E-state index contributed by atoms with van der Waals surface area (Å²) in [5.74, 6) is 1.91. The predicted octanol–water partition coefficient (Wildman–Crippen LogP) is 1.17. The molecule has 3 heterocycles. The fourth-order valence-electron chi connectivity index (χ4n) is 1.79. The van der Waals surface area contributed by atoms with Gasteiger partial charge in [0.1, 0.15) is 0 Å². The van der Waals surface area contributed by atoms with Crippen LogP contribution in [-0.4, -0.2) is 27.8 Å². The average molecular weight is 218 g/mol. The molecule has 0 bridgehead atoms. The molecule has 0 radical (unpaired) electrons. The molecule has 0 saturated carbocycles. The van der Waals surface area contributed by atoms with E-state index in [0.29, 0.717) is 5.92 Å². The maximum absolute atomic E-state index is 5.27. The third kappa shape index (κ3) is 1.53. The monoisotopic (exact) mass is 218 g/mol. The normalized spacial score (nSPS) is 18.3. The van der Waals surface area contributed by atoms with Crippen LogP contribution >= 0.6 is 0 Å². The minimum Gasteiger partial charge on any atom is -0.344 e. The van der Waals surface area contributed by atoms with E-state index in [9.17, 15) is 0 Å². The van der Waals surface area contributed by atoms with Crippen LogP contribution in [0.3, 0.4) is 0 Å². The van der Waals surface area contributed by atoms with Crippen molar-refractivity contribution in [2.45, 2.75) is 18.9 Å². The van der Waals surface area contributed by atoms with Gasteiger partial charge in [-0.1, -0.05) is 5.16 Å². The van der Waals surface area contributed by atoms with Gasteiger partial charge in [0.05, 0.1) is 12.0 Å². The summed E-state index contributed by atoms with van der Waals surface area (Å²) in [7, 11) is 0. The van der Waals surface area contributed by atoms with Crippen LogP contribution in [-0.2, 0) is 0 Å². The zero-order chi connectivity index (χ0) is 11.0. The van der Waals surface area contributed by atoms with Gasteiger partial charge in [0.15, 0.2) is 5.82 Å². The second-order valence-corrected chi connectivity index (χ2v) is 4.15.